The first-order valence-electron chi connectivity index (χ1n) is 10.2. The quantitative estimate of drug-likeness (QED) is 0.322. The van der Waals surface area contributed by atoms with Crippen LogP contribution in [0, 0.1) is 0 Å². The molecular weight excluding hydrogens is 326 g/mol. The van der Waals surface area contributed by atoms with Gasteiger partial charge in [-0.15, -0.1) is 0 Å². The number of aryl methyl sites for hydroxylation is 1. The van der Waals surface area contributed by atoms with E-state index in [1.165, 1.54) is 27.4 Å². The lowest BCUT2D eigenvalue weighted by Crippen LogP contribution is -1.84. The summed E-state index contributed by atoms with van der Waals surface area (Å²) < 4.78 is 2.24. The molecule has 0 atom stereocenters. The van der Waals surface area contributed by atoms with Crippen LogP contribution in [0.4, 0.5) is 0 Å². The Labute approximate surface area is 165 Å². The van der Waals surface area contributed by atoms with E-state index >= 15 is 0 Å². The highest BCUT2D eigenvalue weighted by Crippen LogP contribution is 2.27. The Bertz CT molecular complexity index is 848. The molecule has 0 bridgehead atoms. The smallest absolute Gasteiger partial charge is 0.0488 e. The number of fused-ring (bicyclic) bond motifs is 3. The van der Waals surface area contributed by atoms with Crippen molar-refractivity contribution in [3.8, 4) is 0 Å². The number of para-hydroxylation sites is 2. The molecule has 4 aromatic rings. The van der Waals surface area contributed by atoms with E-state index < -0.39 is 0 Å². The van der Waals surface area contributed by atoms with Gasteiger partial charge in [0, 0.05) is 28.9 Å². The van der Waals surface area contributed by atoms with Gasteiger partial charge in [-0.1, -0.05) is 108 Å². The topological polar surface area (TPSA) is 4.93 Å². The maximum absolute atomic E-state index is 2.24. The summed E-state index contributed by atoms with van der Waals surface area (Å²) in [7, 11) is 2.12. The van der Waals surface area contributed by atoms with E-state index in [1.54, 1.807) is 0 Å². The molecule has 0 saturated heterocycles. The van der Waals surface area contributed by atoms with Gasteiger partial charge in [0.1, 0.15) is 0 Å². The summed E-state index contributed by atoms with van der Waals surface area (Å²) in [6.07, 6.45) is 0. The van der Waals surface area contributed by atoms with Gasteiger partial charge in [0.25, 0.3) is 0 Å². The van der Waals surface area contributed by atoms with Crippen LogP contribution in [0.2, 0.25) is 0 Å². The SMILES string of the molecule is CC.CC.CC(C)c1ccccc1.Cn1c2ccccc2c2ccccc21. The van der Waals surface area contributed by atoms with Gasteiger partial charge in [-0.05, 0) is 23.6 Å². The van der Waals surface area contributed by atoms with Gasteiger partial charge in [0.2, 0.25) is 0 Å². The van der Waals surface area contributed by atoms with E-state index in [0.29, 0.717) is 5.92 Å². The van der Waals surface area contributed by atoms with Crippen LogP contribution < -0.4 is 0 Å². The molecule has 0 unspecified atom stereocenters. The van der Waals surface area contributed by atoms with Gasteiger partial charge in [-0.2, -0.15) is 0 Å². The Morgan fingerprint density at radius 2 is 0.926 bits per heavy atom. The van der Waals surface area contributed by atoms with E-state index in [9.17, 15) is 0 Å². The third-order valence-corrected chi connectivity index (χ3v) is 4.29. The van der Waals surface area contributed by atoms with Crippen molar-refractivity contribution in [3.05, 3.63) is 84.4 Å². The van der Waals surface area contributed by atoms with Crippen molar-refractivity contribution in [2.24, 2.45) is 7.05 Å². The molecule has 0 spiro atoms. The summed E-state index contributed by atoms with van der Waals surface area (Å²) in [5.74, 6) is 0.659. The molecule has 1 nitrogen and oxygen atoms in total. The van der Waals surface area contributed by atoms with Gasteiger partial charge in [-0.3, -0.25) is 0 Å². The highest BCUT2D eigenvalue weighted by atomic mass is 14.9. The zero-order valence-electron chi connectivity index (χ0n) is 18.0. The molecular formula is C26H35N. The lowest BCUT2D eigenvalue weighted by Gasteiger charge is -2.01. The molecule has 1 heteroatoms. The number of aromatic nitrogens is 1. The Balaban J connectivity index is 0.000000244. The number of rotatable bonds is 1. The van der Waals surface area contributed by atoms with Crippen molar-refractivity contribution in [3.63, 3.8) is 0 Å². The van der Waals surface area contributed by atoms with Gasteiger partial charge < -0.3 is 4.57 Å². The molecule has 0 aliphatic carbocycles. The molecule has 0 fully saturated rings. The van der Waals surface area contributed by atoms with Gasteiger partial charge in [-0.25, -0.2) is 0 Å². The fraction of sp³-hybridized carbons (Fsp3) is 0.308. The standard InChI is InChI=1S/C13H11N.C9H12.2C2H6/c1-14-12-8-4-2-6-10(12)11-7-3-5-9-13(11)14;1-8(2)9-6-4-3-5-7-9;2*1-2/h2-9H,1H3;3-8H,1-2H3;2*1-2H3. The van der Waals surface area contributed by atoms with Crippen LogP contribution in [0.5, 0.6) is 0 Å². The monoisotopic (exact) mass is 361 g/mol. The largest absolute Gasteiger partial charge is 0.344 e. The Hall–Kier alpha value is -2.54. The molecule has 0 amide bonds. The average molecular weight is 362 g/mol. The van der Waals surface area contributed by atoms with E-state index in [-0.39, 0.29) is 0 Å². The minimum Gasteiger partial charge on any atom is -0.344 e. The first-order chi connectivity index (χ1) is 13.2. The van der Waals surface area contributed by atoms with Crippen molar-refractivity contribution in [2.45, 2.75) is 47.5 Å². The molecule has 4 rings (SSSR count). The normalized spacial score (nSPS) is 9.63. The first-order valence-corrected chi connectivity index (χ1v) is 10.2. The van der Waals surface area contributed by atoms with Gasteiger partial charge in [0.15, 0.2) is 0 Å². The molecule has 0 radical (unpaired) electrons. The number of hydrogen-bond donors (Lipinski definition) is 0. The molecule has 1 heterocycles. The zero-order chi connectivity index (χ0) is 20.2. The summed E-state index contributed by atoms with van der Waals surface area (Å²) >= 11 is 0. The minimum atomic E-state index is 0.659. The van der Waals surface area contributed by atoms with Crippen LogP contribution in [0.1, 0.15) is 53.0 Å². The molecule has 0 aliphatic heterocycles. The van der Waals surface area contributed by atoms with Crippen molar-refractivity contribution in [1.29, 1.82) is 0 Å². The summed E-state index contributed by atoms with van der Waals surface area (Å²) in [6.45, 7) is 12.4. The molecule has 144 valence electrons. The van der Waals surface area contributed by atoms with Crippen molar-refractivity contribution in [1.82, 2.24) is 4.57 Å². The highest BCUT2D eigenvalue weighted by Gasteiger charge is 2.04. The molecule has 27 heavy (non-hydrogen) atoms. The lowest BCUT2D eigenvalue weighted by atomic mass is 10.0. The van der Waals surface area contributed by atoms with Crippen LogP contribution in [-0.4, -0.2) is 4.57 Å². The zero-order valence-corrected chi connectivity index (χ0v) is 18.0. The summed E-state index contributed by atoms with van der Waals surface area (Å²) in [6, 6.07) is 27.6. The highest BCUT2D eigenvalue weighted by molar-refractivity contribution is 6.07. The summed E-state index contributed by atoms with van der Waals surface area (Å²) in [5, 5.41) is 2.68. The van der Waals surface area contributed by atoms with E-state index in [2.05, 4.69) is 98.3 Å². The van der Waals surface area contributed by atoms with Crippen LogP contribution in [0.15, 0.2) is 78.9 Å². The predicted octanol–water partition coefficient (Wildman–Crippen LogP) is 8.19. The second-order valence-electron chi connectivity index (χ2n) is 6.16. The molecule has 1 aromatic heterocycles. The first kappa shape index (κ1) is 22.5. The average Bonchev–Trinajstić information content (AvgIpc) is 3.05. The van der Waals surface area contributed by atoms with E-state index in [0.717, 1.165) is 0 Å². The maximum Gasteiger partial charge on any atom is 0.0488 e. The van der Waals surface area contributed by atoms with Gasteiger partial charge >= 0.3 is 0 Å². The number of hydrogen-bond acceptors (Lipinski definition) is 0. The fourth-order valence-corrected chi connectivity index (χ4v) is 2.96. The predicted molar refractivity (Wildman–Crippen MR) is 124 cm³/mol. The summed E-state index contributed by atoms with van der Waals surface area (Å²) in [4.78, 5) is 0. The second-order valence-corrected chi connectivity index (χ2v) is 6.16. The van der Waals surface area contributed by atoms with Crippen molar-refractivity contribution in [2.75, 3.05) is 0 Å². The Morgan fingerprint density at radius 1 is 0.556 bits per heavy atom. The molecule has 0 N–H and O–H groups in total. The van der Waals surface area contributed by atoms with Crippen LogP contribution in [-0.2, 0) is 7.05 Å². The summed E-state index contributed by atoms with van der Waals surface area (Å²) in [5.41, 5.74) is 4.01. The number of benzene rings is 3. The van der Waals surface area contributed by atoms with Crippen LogP contribution >= 0.6 is 0 Å². The molecule has 3 aromatic carbocycles. The molecule has 0 saturated carbocycles. The third kappa shape index (κ3) is 5.72. The van der Waals surface area contributed by atoms with Crippen molar-refractivity contribution >= 4 is 21.8 Å². The van der Waals surface area contributed by atoms with Crippen LogP contribution in [0.25, 0.3) is 21.8 Å². The van der Waals surface area contributed by atoms with Crippen LogP contribution in [0.3, 0.4) is 0 Å². The van der Waals surface area contributed by atoms with Gasteiger partial charge in [0.05, 0.1) is 0 Å². The van der Waals surface area contributed by atoms with E-state index in [1.807, 2.05) is 33.8 Å². The minimum absolute atomic E-state index is 0.659. The fourth-order valence-electron chi connectivity index (χ4n) is 2.96. The van der Waals surface area contributed by atoms with E-state index in [4.69, 9.17) is 0 Å². The second kappa shape index (κ2) is 12.0. The van der Waals surface area contributed by atoms with Crippen molar-refractivity contribution < 1.29 is 0 Å². The Kier molecular flexibility index (Phi) is 9.96. The third-order valence-electron chi connectivity index (χ3n) is 4.29. The molecule has 0 aliphatic rings. The maximum atomic E-state index is 2.24. The Morgan fingerprint density at radius 3 is 1.30 bits per heavy atom. The lowest BCUT2D eigenvalue weighted by molar-refractivity contribution is 0.867. The number of nitrogens with zero attached hydrogens (tertiary/aromatic N) is 1.